The maximum Gasteiger partial charge on any atom is 0.317 e. The predicted octanol–water partition coefficient (Wildman–Crippen LogP) is 3.11. The van der Waals surface area contributed by atoms with E-state index in [2.05, 4.69) is 22.1 Å². The van der Waals surface area contributed by atoms with Crippen LogP contribution in [0.2, 0.25) is 0 Å². The van der Waals surface area contributed by atoms with Crippen molar-refractivity contribution in [2.24, 2.45) is 0 Å². The van der Waals surface area contributed by atoms with E-state index in [1.54, 1.807) is 18.2 Å². The van der Waals surface area contributed by atoms with Gasteiger partial charge in [-0.1, -0.05) is 13.3 Å². The molecule has 0 atom stereocenters. The molecule has 1 fully saturated rings. The molecule has 0 aromatic carbocycles. The highest BCUT2D eigenvalue weighted by atomic mass is 16.5. The molecule has 6 nitrogen and oxygen atoms in total. The van der Waals surface area contributed by atoms with Gasteiger partial charge in [-0.25, -0.2) is 4.79 Å². The average molecular weight is 363 g/mol. The number of aromatic nitrogens is 1. The molecule has 0 radical (unpaired) electrons. The lowest BCUT2D eigenvalue weighted by Gasteiger charge is -2.33. The van der Waals surface area contributed by atoms with Crippen molar-refractivity contribution in [2.45, 2.75) is 59.0 Å². The van der Waals surface area contributed by atoms with Crippen molar-refractivity contribution in [2.75, 3.05) is 33.8 Å². The molecule has 146 valence electrons. The molecule has 2 rings (SSSR count). The number of ether oxygens (including phenoxy) is 1. The molecule has 1 aliphatic heterocycles. The van der Waals surface area contributed by atoms with E-state index in [9.17, 15) is 4.79 Å². The summed E-state index contributed by atoms with van der Waals surface area (Å²) in [6, 6.07) is 0.238. The molecule has 1 aromatic rings. The standard InChI is InChI=1S/C20H34N4O2/c1-6-7-10-24-11-8-17(9-12-24)22-20(25)23(4)14-18-16(3)19(26-5)15(2)13-21-18/h13,17H,6-12,14H2,1-5H3,(H,22,25). The number of likely N-dealkylation sites (tertiary alicyclic amines) is 1. The second-order valence-electron chi connectivity index (χ2n) is 7.32. The highest BCUT2D eigenvalue weighted by Gasteiger charge is 2.22. The number of methoxy groups -OCH3 is 1. The molecule has 1 aromatic heterocycles. The number of urea groups is 1. The summed E-state index contributed by atoms with van der Waals surface area (Å²) in [7, 11) is 3.49. The molecule has 26 heavy (non-hydrogen) atoms. The highest BCUT2D eigenvalue weighted by Crippen LogP contribution is 2.24. The first-order valence-electron chi connectivity index (χ1n) is 9.69. The number of amides is 2. The van der Waals surface area contributed by atoms with Crippen molar-refractivity contribution < 1.29 is 9.53 Å². The van der Waals surface area contributed by atoms with Crippen molar-refractivity contribution in [3.8, 4) is 5.75 Å². The number of hydrogen-bond acceptors (Lipinski definition) is 4. The second-order valence-corrected chi connectivity index (χ2v) is 7.32. The molecular weight excluding hydrogens is 328 g/mol. The van der Waals surface area contributed by atoms with E-state index in [1.807, 2.05) is 20.9 Å². The number of nitrogens with zero attached hydrogens (tertiary/aromatic N) is 3. The molecule has 0 unspecified atom stereocenters. The van der Waals surface area contributed by atoms with Crippen LogP contribution >= 0.6 is 0 Å². The maximum atomic E-state index is 12.5. The van der Waals surface area contributed by atoms with Gasteiger partial charge in [0.25, 0.3) is 0 Å². The summed E-state index contributed by atoms with van der Waals surface area (Å²) in [5.41, 5.74) is 2.88. The topological polar surface area (TPSA) is 57.7 Å². The van der Waals surface area contributed by atoms with Gasteiger partial charge in [-0.05, 0) is 39.7 Å². The fourth-order valence-electron chi connectivity index (χ4n) is 3.49. The van der Waals surface area contributed by atoms with Gasteiger partial charge in [0.1, 0.15) is 5.75 Å². The van der Waals surface area contributed by atoms with E-state index < -0.39 is 0 Å². The van der Waals surface area contributed by atoms with Gasteiger partial charge in [0, 0.05) is 43.5 Å². The van der Waals surface area contributed by atoms with Gasteiger partial charge < -0.3 is 19.9 Å². The van der Waals surface area contributed by atoms with Gasteiger partial charge >= 0.3 is 6.03 Å². The Balaban J connectivity index is 1.85. The first kappa shape index (κ1) is 20.5. The number of carbonyl (C=O) groups is 1. The Labute approximate surface area is 157 Å². The number of piperidine rings is 1. The number of carbonyl (C=O) groups excluding carboxylic acids is 1. The van der Waals surface area contributed by atoms with E-state index in [4.69, 9.17) is 4.74 Å². The third-order valence-electron chi connectivity index (χ3n) is 5.23. The number of pyridine rings is 1. The Kier molecular flexibility index (Phi) is 7.69. The van der Waals surface area contributed by atoms with Crippen molar-refractivity contribution in [1.82, 2.24) is 20.1 Å². The zero-order valence-electron chi connectivity index (χ0n) is 17.0. The Morgan fingerprint density at radius 2 is 2.08 bits per heavy atom. The van der Waals surface area contributed by atoms with Gasteiger partial charge in [-0.3, -0.25) is 4.98 Å². The van der Waals surface area contributed by atoms with Crippen LogP contribution < -0.4 is 10.1 Å². The quantitative estimate of drug-likeness (QED) is 0.810. The fraction of sp³-hybridized carbons (Fsp3) is 0.700. The lowest BCUT2D eigenvalue weighted by Crippen LogP contribution is -2.48. The van der Waals surface area contributed by atoms with E-state index in [1.165, 1.54) is 19.4 Å². The van der Waals surface area contributed by atoms with Crippen LogP contribution in [0.25, 0.3) is 0 Å². The zero-order chi connectivity index (χ0) is 19.1. The van der Waals surface area contributed by atoms with Crippen LogP contribution in [-0.2, 0) is 6.54 Å². The SMILES string of the molecule is CCCCN1CCC(NC(=O)N(C)Cc2ncc(C)c(OC)c2C)CC1. The third-order valence-corrected chi connectivity index (χ3v) is 5.23. The summed E-state index contributed by atoms with van der Waals surface area (Å²) in [4.78, 5) is 21.2. The van der Waals surface area contributed by atoms with Gasteiger partial charge in [-0.2, -0.15) is 0 Å². The molecule has 1 saturated heterocycles. The molecule has 0 saturated carbocycles. The smallest absolute Gasteiger partial charge is 0.317 e. The molecular formula is C20H34N4O2. The Morgan fingerprint density at radius 1 is 1.38 bits per heavy atom. The monoisotopic (exact) mass is 362 g/mol. The number of hydrogen-bond donors (Lipinski definition) is 1. The summed E-state index contributed by atoms with van der Waals surface area (Å²) in [5, 5.41) is 3.18. The third kappa shape index (κ3) is 5.34. The normalized spacial score (nSPS) is 15.7. The van der Waals surface area contributed by atoms with Gasteiger partial charge in [0.2, 0.25) is 0 Å². The molecule has 0 aliphatic carbocycles. The summed E-state index contributed by atoms with van der Waals surface area (Å²) in [6.45, 7) is 10.00. The highest BCUT2D eigenvalue weighted by molar-refractivity contribution is 5.74. The summed E-state index contributed by atoms with van der Waals surface area (Å²) < 4.78 is 5.45. The van der Waals surface area contributed by atoms with Crippen LogP contribution in [0.5, 0.6) is 5.75 Å². The molecule has 1 aliphatic rings. The molecule has 1 N–H and O–H groups in total. The zero-order valence-corrected chi connectivity index (χ0v) is 17.0. The van der Waals surface area contributed by atoms with Crippen LogP contribution in [0.15, 0.2) is 6.20 Å². The van der Waals surface area contributed by atoms with Crippen molar-refractivity contribution >= 4 is 6.03 Å². The second kappa shape index (κ2) is 9.76. The van der Waals surface area contributed by atoms with Crippen molar-refractivity contribution in [3.63, 3.8) is 0 Å². The van der Waals surface area contributed by atoms with E-state index >= 15 is 0 Å². The van der Waals surface area contributed by atoms with Crippen LogP contribution in [0.3, 0.4) is 0 Å². The summed E-state index contributed by atoms with van der Waals surface area (Å²) in [5.74, 6) is 0.850. The number of unbranched alkanes of at least 4 members (excludes halogenated alkanes) is 1. The molecule has 2 amide bonds. The maximum absolute atomic E-state index is 12.5. The summed E-state index contributed by atoms with van der Waals surface area (Å²) >= 11 is 0. The minimum atomic E-state index is -0.0299. The molecule has 0 bridgehead atoms. The minimum Gasteiger partial charge on any atom is -0.496 e. The average Bonchev–Trinajstić information content (AvgIpc) is 2.63. The first-order valence-corrected chi connectivity index (χ1v) is 9.69. The molecule has 0 spiro atoms. The Bertz CT molecular complexity index is 598. The number of rotatable bonds is 7. The van der Waals surface area contributed by atoms with E-state index in [0.717, 1.165) is 48.5 Å². The van der Waals surface area contributed by atoms with Crippen LogP contribution in [0, 0.1) is 13.8 Å². The van der Waals surface area contributed by atoms with Crippen molar-refractivity contribution in [1.29, 1.82) is 0 Å². The largest absolute Gasteiger partial charge is 0.496 e. The number of aryl methyl sites for hydroxylation is 1. The Morgan fingerprint density at radius 3 is 2.69 bits per heavy atom. The van der Waals surface area contributed by atoms with Crippen molar-refractivity contribution in [3.05, 3.63) is 23.0 Å². The van der Waals surface area contributed by atoms with Crippen LogP contribution in [0.4, 0.5) is 4.79 Å². The van der Waals surface area contributed by atoms with Gasteiger partial charge in [-0.15, -0.1) is 0 Å². The van der Waals surface area contributed by atoms with E-state index in [-0.39, 0.29) is 12.1 Å². The lowest BCUT2D eigenvalue weighted by molar-refractivity contribution is 0.175. The Hall–Kier alpha value is -1.82. The first-order chi connectivity index (χ1) is 12.5. The number of nitrogens with one attached hydrogen (secondary N) is 1. The van der Waals surface area contributed by atoms with E-state index in [0.29, 0.717) is 6.54 Å². The van der Waals surface area contributed by atoms with Crippen LogP contribution in [-0.4, -0.2) is 60.6 Å². The predicted molar refractivity (Wildman–Crippen MR) is 105 cm³/mol. The fourth-order valence-corrected chi connectivity index (χ4v) is 3.49. The van der Waals surface area contributed by atoms with Gasteiger partial charge in [0.15, 0.2) is 0 Å². The lowest BCUT2D eigenvalue weighted by atomic mass is 10.0. The van der Waals surface area contributed by atoms with Gasteiger partial charge in [0.05, 0.1) is 19.3 Å². The molecule has 2 heterocycles. The van der Waals surface area contributed by atoms with Crippen LogP contribution in [0.1, 0.15) is 49.4 Å². The minimum absolute atomic E-state index is 0.0299. The summed E-state index contributed by atoms with van der Waals surface area (Å²) in [6.07, 6.45) is 6.35. The molecule has 6 heteroatoms.